The first-order valence-corrected chi connectivity index (χ1v) is 6.07. The molecule has 0 aliphatic heterocycles. The van der Waals surface area contributed by atoms with Crippen LogP contribution in [0, 0.1) is 0 Å². The first-order valence-electron chi connectivity index (χ1n) is 6.07. The van der Waals surface area contributed by atoms with E-state index in [4.69, 9.17) is 0 Å². The first kappa shape index (κ1) is 12.4. The molecule has 1 N–H and O–H groups in total. The maximum absolute atomic E-state index is 11.8. The van der Waals surface area contributed by atoms with Gasteiger partial charge in [-0.25, -0.2) is 0 Å². The summed E-state index contributed by atoms with van der Waals surface area (Å²) in [6.07, 6.45) is 1.71. The lowest BCUT2D eigenvalue weighted by Gasteiger charge is -2.02. The summed E-state index contributed by atoms with van der Waals surface area (Å²) >= 11 is 0. The average molecular weight is 240 g/mol. The van der Waals surface area contributed by atoms with Gasteiger partial charge >= 0.3 is 0 Å². The van der Waals surface area contributed by atoms with Gasteiger partial charge in [-0.2, -0.15) is 0 Å². The van der Waals surface area contributed by atoms with Crippen LogP contribution in [-0.2, 0) is 17.6 Å². The molecule has 2 rings (SSSR count). The van der Waals surface area contributed by atoms with Gasteiger partial charge in [0.15, 0.2) is 0 Å². The number of phenolic OH excluding ortho intramolecular Hbond substituents is 1. The lowest BCUT2D eigenvalue weighted by atomic mass is 10.0. The second-order valence-electron chi connectivity index (χ2n) is 4.37. The van der Waals surface area contributed by atoms with E-state index >= 15 is 0 Å². The van der Waals surface area contributed by atoms with Gasteiger partial charge in [0.25, 0.3) is 0 Å². The van der Waals surface area contributed by atoms with Gasteiger partial charge < -0.3 is 5.11 Å². The summed E-state index contributed by atoms with van der Waals surface area (Å²) in [6, 6.07) is 16.9. The Morgan fingerprint density at radius 3 is 2.39 bits per heavy atom. The molecule has 0 aliphatic carbocycles. The van der Waals surface area contributed by atoms with E-state index in [1.54, 1.807) is 18.2 Å². The van der Waals surface area contributed by atoms with Gasteiger partial charge in [-0.05, 0) is 29.7 Å². The van der Waals surface area contributed by atoms with Crippen molar-refractivity contribution in [1.29, 1.82) is 0 Å². The molecule has 0 aromatic heterocycles. The Balaban J connectivity index is 1.86. The van der Waals surface area contributed by atoms with Crippen LogP contribution in [0.1, 0.15) is 17.5 Å². The molecule has 2 heteroatoms. The maximum atomic E-state index is 11.8. The highest BCUT2D eigenvalue weighted by Crippen LogP contribution is 2.12. The summed E-state index contributed by atoms with van der Waals surface area (Å²) in [5.74, 6) is 0.410. The molecule has 0 unspecified atom stereocenters. The van der Waals surface area contributed by atoms with Crippen molar-refractivity contribution in [2.75, 3.05) is 0 Å². The van der Waals surface area contributed by atoms with Crippen LogP contribution in [0.2, 0.25) is 0 Å². The fourth-order valence-electron chi connectivity index (χ4n) is 1.91. The van der Waals surface area contributed by atoms with Gasteiger partial charge in [0.1, 0.15) is 11.5 Å². The van der Waals surface area contributed by atoms with Crippen LogP contribution in [0.5, 0.6) is 5.75 Å². The standard InChI is InChI=1S/C16H16O2/c17-15-8-4-7-14(11-15)12-16(18)10-9-13-5-2-1-3-6-13/h1-8,11,17H,9-10,12H2. The molecule has 0 radical (unpaired) electrons. The van der Waals surface area contributed by atoms with Crippen LogP contribution >= 0.6 is 0 Å². The molecule has 2 aromatic carbocycles. The van der Waals surface area contributed by atoms with Crippen LogP contribution in [0.3, 0.4) is 0 Å². The number of carbonyl (C=O) groups excluding carboxylic acids is 1. The monoisotopic (exact) mass is 240 g/mol. The number of carbonyl (C=O) groups is 1. The van der Waals surface area contributed by atoms with Crippen LogP contribution < -0.4 is 0 Å². The van der Waals surface area contributed by atoms with Gasteiger partial charge in [0.2, 0.25) is 0 Å². The van der Waals surface area contributed by atoms with Gasteiger partial charge in [0, 0.05) is 12.8 Å². The Bertz CT molecular complexity index is 518. The quantitative estimate of drug-likeness (QED) is 0.871. The summed E-state index contributed by atoms with van der Waals surface area (Å²) < 4.78 is 0. The smallest absolute Gasteiger partial charge is 0.137 e. The zero-order chi connectivity index (χ0) is 12.8. The Morgan fingerprint density at radius 2 is 1.67 bits per heavy atom. The fourth-order valence-corrected chi connectivity index (χ4v) is 1.91. The van der Waals surface area contributed by atoms with Crippen LogP contribution in [-0.4, -0.2) is 10.9 Å². The number of aromatic hydroxyl groups is 1. The first-order chi connectivity index (χ1) is 8.74. The van der Waals surface area contributed by atoms with E-state index in [9.17, 15) is 9.90 Å². The molecule has 2 nitrogen and oxygen atoms in total. The van der Waals surface area contributed by atoms with Gasteiger partial charge in [0.05, 0.1) is 0 Å². The number of Topliss-reactive ketones (excluding diaryl/α,β-unsaturated/α-hetero) is 1. The number of ketones is 1. The normalized spacial score (nSPS) is 10.2. The van der Waals surface area contributed by atoms with Crippen LogP contribution in [0.4, 0.5) is 0 Å². The number of hydrogen-bond acceptors (Lipinski definition) is 2. The predicted molar refractivity (Wildman–Crippen MR) is 71.6 cm³/mol. The molecule has 92 valence electrons. The van der Waals surface area contributed by atoms with E-state index in [1.165, 1.54) is 5.56 Å². The molecule has 0 amide bonds. The molecule has 0 saturated carbocycles. The zero-order valence-electron chi connectivity index (χ0n) is 10.2. The minimum absolute atomic E-state index is 0.199. The Morgan fingerprint density at radius 1 is 0.944 bits per heavy atom. The van der Waals surface area contributed by atoms with Gasteiger partial charge in [-0.15, -0.1) is 0 Å². The molecule has 0 saturated heterocycles. The Hall–Kier alpha value is -2.09. The molecule has 2 aromatic rings. The Labute approximate surface area is 107 Å². The molecule has 0 heterocycles. The summed E-state index contributed by atoms with van der Waals surface area (Å²) in [7, 11) is 0. The van der Waals surface area contributed by atoms with Crippen molar-refractivity contribution in [3.8, 4) is 5.75 Å². The highest BCUT2D eigenvalue weighted by Gasteiger charge is 2.04. The number of benzene rings is 2. The average Bonchev–Trinajstić information content (AvgIpc) is 2.38. The summed E-state index contributed by atoms with van der Waals surface area (Å²) in [6.45, 7) is 0. The Kier molecular flexibility index (Phi) is 4.13. The second-order valence-corrected chi connectivity index (χ2v) is 4.37. The van der Waals surface area contributed by atoms with Crippen molar-refractivity contribution in [2.24, 2.45) is 0 Å². The summed E-state index contributed by atoms with van der Waals surface area (Å²) in [5, 5.41) is 9.32. The fraction of sp³-hybridized carbons (Fsp3) is 0.188. The van der Waals surface area contributed by atoms with Crippen LogP contribution in [0.25, 0.3) is 0 Å². The van der Waals surface area contributed by atoms with E-state index in [0.29, 0.717) is 12.8 Å². The highest BCUT2D eigenvalue weighted by molar-refractivity contribution is 5.81. The third-order valence-corrected chi connectivity index (χ3v) is 2.85. The van der Waals surface area contributed by atoms with Crippen LogP contribution in [0.15, 0.2) is 54.6 Å². The van der Waals surface area contributed by atoms with Crippen molar-refractivity contribution in [1.82, 2.24) is 0 Å². The molecule has 0 fully saturated rings. The third kappa shape index (κ3) is 3.74. The molecule has 0 bridgehead atoms. The molecule has 0 aliphatic rings. The molecular formula is C16H16O2. The van der Waals surface area contributed by atoms with Crippen molar-refractivity contribution in [3.05, 3.63) is 65.7 Å². The van der Waals surface area contributed by atoms with E-state index in [-0.39, 0.29) is 11.5 Å². The SMILES string of the molecule is O=C(CCc1ccccc1)Cc1cccc(O)c1. The number of hydrogen-bond donors (Lipinski definition) is 1. The van der Waals surface area contributed by atoms with Crippen molar-refractivity contribution in [3.63, 3.8) is 0 Å². The van der Waals surface area contributed by atoms with Crippen molar-refractivity contribution in [2.45, 2.75) is 19.3 Å². The van der Waals surface area contributed by atoms with Crippen molar-refractivity contribution >= 4 is 5.78 Å². The number of rotatable bonds is 5. The van der Waals surface area contributed by atoms with E-state index in [1.807, 2.05) is 36.4 Å². The summed E-state index contributed by atoms with van der Waals surface area (Å²) in [4.78, 5) is 11.8. The van der Waals surface area contributed by atoms with E-state index in [2.05, 4.69) is 0 Å². The summed E-state index contributed by atoms with van der Waals surface area (Å²) in [5.41, 5.74) is 2.05. The number of aryl methyl sites for hydroxylation is 1. The van der Waals surface area contributed by atoms with E-state index < -0.39 is 0 Å². The maximum Gasteiger partial charge on any atom is 0.137 e. The highest BCUT2D eigenvalue weighted by atomic mass is 16.3. The molecule has 0 spiro atoms. The lowest BCUT2D eigenvalue weighted by Crippen LogP contribution is -2.04. The lowest BCUT2D eigenvalue weighted by molar-refractivity contribution is -0.118. The minimum Gasteiger partial charge on any atom is -0.508 e. The molecular weight excluding hydrogens is 224 g/mol. The molecule has 0 atom stereocenters. The predicted octanol–water partition coefficient (Wildman–Crippen LogP) is 3.14. The van der Waals surface area contributed by atoms with Gasteiger partial charge in [-0.1, -0.05) is 42.5 Å². The third-order valence-electron chi connectivity index (χ3n) is 2.85. The number of phenols is 1. The second kappa shape index (κ2) is 6.01. The topological polar surface area (TPSA) is 37.3 Å². The minimum atomic E-state index is 0.199. The van der Waals surface area contributed by atoms with Crippen molar-refractivity contribution < 1.29 is 9.90 Å². The van der Waals surface area contributed by atoms with Gasteiger partial charge in [-0.3, -0.25) is 4.79 Å². The molecule has 18 heavy (non-hydrogen) atoms. The zero-order valence-corrected chi connectivity index (χ0v) is 10.2. The van der Waals surface area contributed by atoms with E-state index in [0.717, 1.165) is 12.0 Å². The largest absolute Gasteiger partial charge is 0.508 e.